The van der Waals surface area contributed by atoms with Gasteiger partial charge in [-0.2, -0.15) is 0 Å². The number of rotatable bonds is 8. The van der Waals surface area contributed by atoms with Crippen molar-refractivity contribution in [2.45, 2.75) is 18.7 Å². The van der Waals surface area contributed by atoms with E-state index in [0.717, 1.165) is 5.56 Å². The van der Waals surface area contributed by atoms with Crippen molar-refractivity contribution in [1.29, 1.82) is 0 Å². The predicted octanol–water partition coefficient (Wildman–Crippen LogP) is 3.77. The van der Waals surface area contributed by atoms with E-state index in [4.69, 9.17) is 4.74 Å². The fourth-order valence-corrected chi connectivity index (χ4v) is 3.96. The maximum atomic E-state index is 12.6. The van der Waals surface area contributed by atoms with Crippen LogP contribution in [0.5, 0.6) is 5.75 Å². The number of sulfonamides is 1. The van der Waals surface area contributed by atoms with Gasteiger partial charge in [-0.25, -0.2) is 8.42 Å². The van der Waals surface area contributed by atoms with Crippen molar-refractivity contribution in [3.63, 3.8) is 0 Å². The SMILES string of the molecule is CC(=O)Nc1cccc(NC(=O)COc2ccc(S(=O)(=O)Nc3ccccc3C)cc2)c1. The molecule has 166 valence electrons. The lowest BCUT2D eigenvalue weighted by atomic mass is 10.2. The Morgan fingerprint density at radius 1 is 0.875 bits per heavy atom. The molecule has 8 nitrogen and oxygen atoms in total. The molecule has 0 aliphatic carbocycles. The molecule has 3 aromatic carbocycles. The van der Waals surface area contributed by atoms with Gasteiger partial charge >= 0.3 is 0 Å². The predicted molar refractivity (Wildman–Crippen MR) is 123 cm³/mol. The number of amides is 2. The van der Waals surface area contributed by atoms with E-state index in [2.05, 4.69) is 15.4 Å². The number of carbonyl (C=O) groups excluding carboxylic acids is 2. The first-order valence-corrected chi connectivity index (χ1v) is 11.2. The van der Waals surface area contributed by atoms with E-state index in [0.29, 0.717) is 22.8 Å². The second-order valence-electron chi connectivity index (χ2n) is 6.99. The van der Waals surface area contributed by atoms with E-state index < -0.39 is 15.9 Å². The molecule has 0 heterocycles. The van der Waals surface area contributed by atoms with Crippen LogP contribution >= 0.6 is 0 Å². The van der Waals surface area contributed by atoms with Gasteiger partial charge in [0.1, 0.15) is 5.75 Å². The van der Waals surface area contributed by atoms with E-state index in [1.165, 1.54) is 31.2 Å². The van der Waals surface area contributed by atoms with Gasteiger partial charge < -0.3 is 15.4 Å². The van der Waals surface area contributed by atoms with Crippen molar-refractivity contribution >= 4 is 38.9 Å². The Morgan fingerprint density at radius 2 is 1.53 bits per heavy atom. The quantitative estimate of drug-likeness (QED) is 0.480. The third-order valence-electron chi connectivity index (χ3n) is 4.36. The van der Waals surface area contributed by atoms with Crippen LogP contribution in [-0.4, -0.2) is 26.8 Å². The molecule has 0 unspecified atom stereocenters. The van der Waals surface area contributed by atoms with Gasteiger partial charge in [0, 0.05) is 18.3 Å². The van der Waals surface area contributed by atoms with E-state index in [1.807, 2.05) is 19.1 Å². The van der Waals surface area contributed by atoms with Gasteiger partial charge in [0.05, 0.1) is 10.6 Å². The lowest BCUT2D eigenvalue weighted by Gasteiger charge is -2.11. The van der Waals surface area contributed by atoms with Gasteiger partial charge in [-0.1, -0.05) is 24.3 Å². The highest BCUT2D eigenvalue weighted by Gasteiger charge is 2.15. The van der Waals surface area contributed by atoms with Gasteiger partial charge in [0.25, 0.3) is 15.9 Å². The zero-order valence-corrected chi connectivity index (χ0v) is 18.4. The van der Waals surface area contributed by atoms with Gasteiger partial charge in [0.2, 0.25) is 5.91 Å². The number of para-hydroxylation sites is 1. The third-order valence-corrected chi connectivity index (χ3v) is 5.74. The Bertz CT molecular complexity index is 1220. The van der Waals surface area contributed by atoms with Crippen LogP contribution in [0.3, 0.4) is 0 Å². The minimum absolute atomic E-state index is 0.0762. The number of hydrogen-bond acceptors (Lipinski definition) is 5. The van der Waals surface area contributed by atoms with Gasteiger partial charge in [-0.3, -0.25) is 14.3 Å². The number of nitrogens with one attached hydrogen (secondary N) is 3. The highest BCUT2D eigenvalue weighted by molar-refractivity contribution is 7.92. The fraction of sp³-hybridized carbons (Fsp3) is 0.130. The maximum absolute atomic E-state index is 12.6. The summed E-state index contributed by atoms with van der Waals surface area (Å²) >= 11 is 0. The van der Waals surface area contributed by atoms with Crippen LogP contribution in [0.2, 0.25) is 0 Å². The third kappa shape index (κ3) is 6.32. The van der Waals surface area contributed by atoms with Crippen molar-refractivity contribution < 1.29 is 22.7 Å². The molecule has 0 aromatic heterocycles. The topological polar surface area (TPSA) is 114 Å². The summed E-state index contributed by atoms with van der Waals surface area (Å²) in [6.07, 6.45) is 0. The number of hydrogen-bond donors (Lipinski definition) is 3. The lowest BCUT2D eigenvalue weighted by molar-refractivity contribution is -0.118. The average Bonchev–Trinajstić information content (AvgIpc) is 2.74. The zero-order valence-electron chi connectivity index (χ0n) is 17.6. The minimum Gasteiger partial charge on any atom is -0.484 e. The maximum Gasteiger partial charge on any atom is 0.262 e. The largest absolute Gasteiger partial charge is 0.484 e. The molecule has 0 atom stereocenters. The highest BCUT2D eigenvalue weighted by atomic mass is 32.2. The molecule has 32 heavy (non-hydrogen) atoms. The highest BCUT2D eigenvalue weighted by Crippen LogP contribution is 2.21. The number of carbonyl (C=O) groups is 2. The van der Waals surface area contributed by atoms with Crippen LogP contribution < -0.4 is 20.1 Å². The Morgan fingerprint density at radius 3 is 2.19 bits per heavy atom. The summed E-state index contributed by atoms with van der Waals surface area (Å²) in [7, 11) is -3.75. The first-order chi connectivity index (χ1) is 15.2. The molecule has 0 spiro atoms. The molecule has 0 saturated heterocycles. The first kappa shape index (κ1) is 22.8. The molecule has 0 radical (unpaired) electrons. The smallest absolute Gasteiger partial charge is 0.262 e. The summed E-state index contributed by atoms with van der Waals surface area (Å²) in [5.41, 5.74) is 2.39. The first-order valence-electron chi connectivity index (χ1n) is 9.72. The molecule has 0 saturated carbocycles. The monoisotopic (exact) mass is 453 g/mol. The molecule has 0 fully saturated rings. The summed E-state index contributed by atoms with van der Waals surface area (Å²) in [4.78, 5) is 23.4. The fourth-order valence-electron chi connectivity index (χ4n) is 2.83. The van der Waals surface area contributed by atoms with Crippen molar-refractivity contribution in [3.8, 4) is 5.75 Å². The Labute approximate surface area is 186 Å². The van der Waals surface area contributed by atoms with Crippen LogP contribution in [0, 0.1) is 6.92 Å². The summed E-state index contributed by atoms with van der Waals surface area (Å²) in [5.74, 6) is -0.263. The molecule has 3 N–H and O–H groups in total. The molecular weight excluding hydrogens is 430 g/mol. The van der Waals surface area contributed by atoms with E-state index in [-0.39, 0.29) is 17.4 Å². The zero-order chi connectivity index (χ0) is 23.1. The number of anilines is 3. The standard InChI is InChI=1S/C23H23N3O5S/c1-16-6-3-4-9-22(16)26-32(29,30)21-12-10-20(11-13-21)31-15-23(28)25-19-8-5-7-18(14-19)24-17(2)27/h3-14,26H,15H2,1-2H3,(H,24,27)(H,25,28). The lowest BCUT2D eigenvalue weighted by Crippen LogP contribution is -2.20. The van der Waals surface area contributed by atoms with Crippen molar-refractivity contribution in [1.82, 2.24) is 0 Å². The second-order valence-corrected chi connectivity index (χ2v) is 8.67. The molecule has 9 heteroatoms. The number of aryl methyl sites for hydroxylation is 1. The minimum atomic E-state index is -3.75. The van der Waals surface area contributed by atoms with Gasteiger partial charge in [-0.15, -0.1) is 0 Å². The Kier molecular flexibility index (Phi) is 7.11. The Hall–Kier alpha value is -3.85. The van der Waals surface area contributed by atoms with Crippen LogP contribution in [-0.2, 0) is 19.6 Å². The van der Waals surface area contributed by atoms with Crippen LogP contribution in [0.25, 0.3) is 0 Å². The van der Waals surface area contributed by atoms with Gasteiger partial charge in [-0.05, 0) is 61.0 Å². The van der Waals surface area contributed by atoms with E-state index in [9.17, 15) is 18.0 Å². The average molecular weight is 454 g/mol. The van der Waals surface area contributed by atoms with E-state index >= 15 is 0 Å². The van der Waals surface area contributed by atoms with E-state index in [1.54, 1.807) is 36.4 Å². The van der Waals surface area contributed by atoms with Crippen LogP contribution in [0.15, 0.2) is 77.7 Å². The van der Waals surface area contributed by atoms with Crippen molar-refractivity contribution in [3.05, 3.63) is 78.4 Å². The molecule has 2 amide bonds. The summed E-state index contributed by atoms with van der Waals surface area (Å²) < 4.78 is 33.2. The molecule has 0 aliphatic rings. The number of benzene rings is 3. The van der Waals surface area contributed by atoms with Crippen molar-refractivity contribution in [2.75, 3.05) is 22.0 Å². The number of ether oxygens (including phenoxy) is 1. The van der Waals surface area contributed by atoms with Crippen LogP contribution in [0.4, 0.5) is 17.1 Å². The van der Waals surface area contributed by atoms with Crippen LogP contribution in [0.1, 0.15) is 12.5 Å². The Balaban J connectivity index is 1.57. The molecule has 3 rings (SSSR count). The molecule has 0 aliphatic heterocycles. The normalized spacial score (nSPS) is 10.8. The molecular formula is C23H23N3O5S. The van der Waals surface area contributed by atoms with Crippen molar-refractivity contribution in [2.24, 2.45) is 0 Å². The summed E-state index contributed by atoms with van der Waals surface area (Å²) in [6, 6.07) is 19.6. The molecule has 0 bridgehead atoms. The summed E-state index contributed by atoms with van der Waals surface area (Å²) in [6.45, 7) is 2.95. The second kappa shape index (κ2) is 9.97. The molecule has 3 aromatic rings. The summed E-state index contributed by atoms with van der Waals surface area (Å²) in [5, 5.41) is 5.31. The van der Waals surface area contributed by atoms with Gasteiger partial charge in [0.15, 0.2) is 6.61 Å².